The summed E-state index contributed by atoms with van der Waals surface area (Å²) in [5.74, 6) is -0.148. The van der Waals surface area contributed by atoms with Crippen molar-refractivity contribution in [3.8, 4) is 0 Å². The van der Waals surface area contributed by atoms with Gasteiger partial charge in [-0.15, -0.1) is 0 Å². The number of benzene rings is 1. The van der Waals surface area contributed by atoms with E-state index in [0.717, 1.165) is 23.0 Å². The van der Waals surface area contributed by atoms with Crippen molar-refractivity contribution in [2.45, 2.75) is 52.0 Å². The molecule has 0 bridgehead atoms. The van der Waals surface area contributed by atoms with Crippen LogP contribution >= 0.6 is 15.9 Å². The summed E-state index contributed by atoms with van der Waals surface area (Å²) in [6, 6.07) is 5.41. The van der Waals surface area contributed by atoms with Gasteiger partial charge in [0.15, 0.2) is 0 Å². The largest absolute Gasteiger partial charge is 0.313 e. The summed E-state index contributed by atoms with van der Waals surface area (Å²) in [5.41, 5.74) is 1.42. The van der Waals surface area contributed by atoms with Crippen molar-refractivity contribution >= 4 is 15.9 Å². The lowest BCUT2D eigenvalue weighted by Gasteiger charge is -2.35. The van der Waals surface area contributed by atoms with Crippen molar-refractivity contribution in [3.63, 3.8) is 0 Å². The fourth-order valence-corrected chi connectivity index (χ4v) is 3.67. The molecule has 0 aromatic heterocycles. The van der Waals surface area contributed by atoms with Gasteiger partial charge >= 0.3 is 0 Å². The zero-order valence-electron chi connectivity index (χ0n) is 11.8. The minimum absolute atomic E-state index is 0.148. The first-order valence-corrected chi connectivity index (χ1v) is 8.02. The maximum atomic E-state index is 13.4. The van der Waals surface area contributed by atoms with Gasteiger partial charge in [0, 0.05) is 10.5 Å². The zero-order chi connectivity index (χ0) is 13.9. The summed E-state index contributed by atoms with van der Waals surface area (Å²) in [6.07, 6.45) is 6.09. The van der Waals surface area contributed by atoms with Crippen LogP contribution in [0.4, 0.5) is 4.39 Å². The van der Waals surface area contributed by atoms with E-state index in [-0.39, 0.29) is 5.82 Å². The molecule has 1 aromatic rings. The third kappa shape index (κ3) is 3.57. The fourth-order valence-electron chi connectivity index (χ4n) is 3.26. The Kier molecular flexibility index (Phi) is 5.02. The highest BCUT2D eigenvalue weighted by Gasteiger charge is 2.36. The van der Waals surface area contributed by atoms with Crippen molar-refractivity contribution in [1.29, 1.82) is 0 Å². The molecule has 1 aliphatic rings. The minimum atomic E-state index is -0.148. The Morgan fingerprint density at radius 2 is 2.05 bits per heavy atom. The predicted octanol–water partition coefficient (Wildman–Crippen LogP) is 4.69. The van der Waals surface area contributed by atoms with Crippen LogP contribution in [0.1, 0.15) is 45.1 Å². The van der Waals surface area contributed by atoms with Gasteiger partial charge in [-0.3, -0.25) is 0 Å². The van der Waals surface area contributed by atoms with Crippen molar-refractivity contribution in [1.82, 2.24) is 5.32 Å². The van der Waals surface area contributed by atoms with Gasteiger partial charge in [-0.05, 0) is 55.0 Å². The maximum absolute atomic E-state index is 13.4. The van der Waals surface area contributed by atoms with Gasteiger partial charge in [-0.2, -0.15) is 0 Å². The zero-order valence-corrected chi connectivity index (χ0v) is 13.4. The Hall–Kier alpha value is -0.410. The van der Waals surface area contributed by atoms with Crippen LogP contribution in [0.15, 0.2) is 22.7 Å². The lowest BCUT2D eigenvalue weighted by atomic mass is 9.78. The quantitative estimate of drug-likeness (QED) is 0.827. The standard InChI is InChI=1S/C16H23BrFN/c1-3-19-15(16(2)8-4-5-9-16)11-12-10-13(18)6-7-14(12)17/h6-7,10,15,19H,3-5,8-9,11H2,1-2H3. The molecule has 106 valence electrons. The molecule has 1 unspecified atom stereocenters. The Labute approximate surface area is 124 Å². The molecule has 3 heteroatoms. The van der Waals surface area contributed by atoms with Crippen molar-refractivity contribution in [2.75, 3.05) is 6.54 Å². The second kappa shape index (κ2) is 6.36. The third-order valence-electron chi connectivity index (χ3n) is 4.47. The molecule has 1 fully saturated rings. The van der Waals surface area contributed by atoms with E-state index in [4.69, 9.17) is 0 Å². The first-order valence-electron chi connectivity index (χ1n) is 7.22. The summed E-state index contributed by atoms with van der Waals surface area (Å²) < 4.78 is 14.4. The van der Waals surface area contributed by atoms with Gasteiger partial charge in [-0.25, -0.2) is 4.39 Å². The van der Waals surface area contributed by atoms with Gasteiger partial charge < -0.3 is 5.32 Å². The highest BCUT2D eigenvalue weighted by Crippen LogP contribution is 2.42. The molecule has 1 N–H and O–H groups in total. The van der Waals surface area contributed by atoms with Crippen LogP contribution in [0.3, 0.4) is 0 Å². The molecule has 0 spiro atoms. The van der Waals surface area contributed by atoms with Crippen LogP contribution in [-0.4, -0.2) is 12.6 Å². The summed E-state index contributed by atoms with van der Waals surface area (Å²) in [7, 11) is 0. The Morgan fingerprint density at radius 3 is 2.68 bits per heavy atom. The number of hydrogen-bond donors (Lipinski definition) is 1. The normalized spacial score (nSPS) is 19.6. The van der Waals surface area contributed by atoms with Crippen molar-refractivity contribution < 1.29 is 4.39 Å². The molecule has 0 aliphatic heterocycles. The van der Waals surface area contributed by atoms with Crippen LogP contribution in [0.5, 0.6) is 0 Å². The van der Waals surface area contributed by atoms with E-state index < -0.39 is 0 Å². The van der Waals surface area contributed by atoms with Crippen LogP contribution in [0.2, 0.25) is 0 Å². The summed E-state index contributed by atoms with van der Waals surface area (Å²) in [6.45, 7) is 5.49. The van der Waals surface area contributed by atoms with Crippen LogP contribution in [-0.2, 0) is 6.42 Å². The summed E-state index contributed by atoms with van der Waals surface area (Å²) in [5, 5.41) is 3.62. The van der Waals surface area contributed by atoms with Crippen LogP contribution in [0, 0.1) is 11.2 Å². The van der Waals surface area contributed by atoms with Crippen molar-refractivity contribution in [2.24, 2.45) is 5.41 Å². The molecule has 1 nitrogen and oxygen atoms in total. The fraction of sp³-hybridized carbons (Fsp3) is 0.625. The first kappa shape index (κ1) is 15.0. The predicted molar refractivity (Wildman–Crippen MR) is 81.8 cm³/mol. The first-order chi connectivity index (χ1) is 9.05. The number of nitrogens with one attached hydrogen (secondary N) is 1. The van der Waals surface area contributed by atoms with Crippen molar-refractivity contribution in [3.05, 3.63) is 34.1 Å². The molecule has 19 heavy (non-hydrogen) atoms. The molecule has 0 heterocycles. The van der Waals surface area contributed by atoms with Gasteiger partial charge in [-0.1, -0.05) is 42.6 Å². The smallest absolute Gasteiger partial charge is 0.123 e. The van der Waals surface area contributed by atoms with Gasteiger partial charge in [0.2, 0.25) is 0 Å². The molecule has 1 aliphatic carbocycles. The Morgan fingerprint density at radius 1 is 1.37 bits per heavy atom. The van der Waals surface area contributed by atoms with E-state index in [2.05, 4.69) is 35.1 Å². The monoisotopic (exact) mass is 327 g/mol. The Bertz CT molecular complexity index is 427. The molecule has 0 saturated heterocycles. The molecule has 0 amide bonds. The lowest BCUT2D eigenvalue weighted by molar-refractivity contribution is 0.221. The van der Waals surface area contributed by atoms with Crippen LogP contribution in [0.25, 0.3) is 0 Å². The summed E-state index contributed by atoms with van der Waals surface area (Å²) in [4.78, 5) is 0. The number of hydrogen-bond acceptors (Lipinski definition) is 1. The summed E-state index contributed by atoms with van der Waals surface area (Å²) >= 11 is 3.54. The molecular formula is C16H23BrFN. The molecule has 1 aromatic carbocycles. The average Bonchev–Trinajstić information content (AvgIpc) is 2.81. The van der Waals surface area contributed by atoms with Gasteiger partial charge in [0.1, 0.15) is 5.82 Å². The maximum Gasteiger partial charge on any atom is 0.123 e. The molecule has 1 atom stereocenters. The van der Waals surface area contributed by atoms with E-state index in [1.54, 1.807) is 6.07 Å². The Balaban J connectivity index is 2.18. The van der Waals surface area contributed by atoms with E-state index in [0.29, 0.717) is 11.5 Å². The van der Waals surface area contributed by atoms with E-state index in [1.165, 1.54) is 31.7 Å². The van der Waals surface area contributed by atoms with E-state index in [9.17, 15) is 4.39 Å². The highest BCUT2D eigenvalue weighted by atomic mass is 79.9. The van der Waals surface area contributed by atoms with Gasteiger partial charge in [0.05, 0.1) is 0 Å². The number of rotatable bonds is 5. The minimum Gasteiger partial charge on any atom is -0.313 e. The van der Waals surface area contributed by atoms with E-state index >= 15 is 0 Å². The topological polar surface area (TPSA) is 12.0 Å². The van der Waals surface area contributed by atoms with Gasteiger partial charge in [0.25, 0.3) is 0 Å². The molecule has 1 saturated carbocycles. The van der Waals surface area contributed by atoms with Crippen LogP contribution < -0.4 is 5.32 Å². The second-order valence-corrected chi connectivity index (χ2v) is 6.77. The molecule has 0 radical (unpaired) electrons. The highest BCUT2D eigenvalue weighted by molar-refractivity contribution is 9.10. The third-order valence-corrected chi connectivity index (χ3v) is 5.24. The second-order valence-electron chi connectivity index (χ2n) is 5.91. The number of likely N-dealkylation sites (N-methyl/N-ethyl adjacent to an activating group) is 1. The lowest BCUT2D eigenvalue weighted by Crippen LogP contribution is -2.43. The average molecular weight is 328 g/mol. The number of halogens is 2. The SMILES string of the molecule is CCNC(Cc1cc(F)ccc1Br)C1(C)CCCC1. The van der Waals surface area contributed by atoms with E-state index in [1.807, 2.05) is 6.07 Å². The molecular weight excluding hydrogens is 305 g/mol. The molecule has 2 rings (SSSR count).